The molecule has 1 fully saturated rings. The van der Waals surface area contributed by atoms with Crippen LogP contribution in [0, 0.1) is 0 Å². The van der Waals surface area contributed by atoms with Gasteiger partial charge in [-0.05, 0) is 47.1 Å². The van der Waals surface area contributed by atoms with E-state index in [1.54, 1.807) is 20.8 Å². The fourth-order valence-electron chi connectivity index (χ4n) is 2.61. The number of hydrogen-bond acceptors (Lipinski definition) is 5. The van der Waals surface area contributed by atoms with Crippen LogP contribution in [0.25, 0.3) is 0 Å². The van der Waals surface area contributed by atoms with E-state index in [9.17, 15) is 9.59 Å². The monoisotopic (exact) mass is 296 g/mol. The number of likely N-dealkylation sites (N-methyl/N-ethyl adjacent to an activating group) is 1. The second-order valence-electron chi connectivity index (χ2n) is 6.42. The molecule has 21 heavy (non-hydrogen) atoms. The van der Waals surface area contributed by atoms with Gasteiger partial charge in [0.25, 0.3) is 5.91 Å². The lowest BCUT2D eigenvalue weighted by molar-refractivity contribution is -0.131. The zero-order valence-electron chi connectivity index (χ0n) is 13.2. The Hall–Kier alpha value is -1.63. The Labute approximate surface area is 125 Å². The van der Waals surface area contributed by atoms with Gasteiger partial charge in [0.15, 0.2) is 5.54 Å². The standard InChI is InChI=1S/C14H24N4O3/c1-5-18-10(19)14(7-6-8-15-9-14)17-11(18)16-12(20)21-13(2,3)4/h15H,5-9H2,1-4H3,(H,16,17,20). The number of nitrogens with one attached hydrogen (secondary N) is 2. The minimum absolute atomic E-state index is 0.0525. The Morgan fingerprint density at radius 1 is 1.52 bits per heavy atom. The Morgan fingerprint density at radius 2 is 2.24 bits per heavy atom. The maximum absolute atomic E-state index is 12.6. The number of guanidine groups is 1. The van der Waals surface area contributed by atoms with E-state index in [2.05, 4.69) is 15.6 Å². The molecule has 0 aromatic heterocycles. The van der Waals surface area contributed by atoms with Gasteiger partial charge in [-0.2, -0.15) is 0 Å². The van der Waals surface area contributed by atoms with Crippen molar-refractivity contribution in [2.75, 3.05) is 19.6 Å². The fraction of sp³-hybridized carbons (Fsp3) is 0.786. The molecule has 0 radical (unpaired) electrons. The molecule has 2 aliphatic heterocycles. The molecule has 1 atom stereocenters. The number of nitrogens with zero attached hydrogens (tertiary/aromatic N) is 2. The minimum atomic E-state index is -0.765. The summed E-state index contributed by atoms with van der Waals surface area (Å²) in [5.41, 5.74) is -1.35. The van der Waals surface area contributed by atoms with Gasteiger partial charge in [-0.15, -0.1) is 0 Å². The molecule has 1 unspecified atom stereocenters. The molecule has 2 N–H and O–H groups in total. The lowest BCUT2D eigenvalue weighted by Gasteiger charge is -2.29. The van der Waals surface area contributed by atoms with Gasteiger partial charge in [-0.1, -0.05) is 0 Å². The van der Waals surface area contributed by atoms with Gasteiger partial charge in [0.05, 0.1) is 0 Å². The highest BCUT2D eigenvalue weighted by atomic mass is 16.6. The molecule has 0 bridgehead atoms. The number of rotatable bonds is 1. The van der Waals surface area contributed by atoms with Gasteiger partial charge in [-0.3, -0.25) is 15.0 Å². The van der Waals surface area contributed by atoms with Crippen LogP contribution in [0.2, 0.25) is 0 Å². The molecule has 0 saturated carbocycles. The van der Waals surface area contributed by atoms with Crippen LogP contribution in [0.1, 0.15) is 40.5 Å². The van der Waals surface area contributed by atoms with E-state index in [1.807, 2.05) is 6.92 Å². The van der Waals surface area contributed by atoms with Crippen LogP contribution < -0.4 is 10.6 Å². The van der Waals surface area contributed by atoms with Crippen LogP contribution >= 0.6 is 0 Å². The van der Waals surface area contributed by atoms with E-state index in [4.69, 9.17) is 4.74 Å². The molecule has 7 nitrogen and oxygen atoms in total. The van der Waals surface area contributed by atoms with Gasteiger partial charge < -0.3 is 10.1 Å². The number of aliphatic imine (C=N–C) groups is 1. The highest BCUT2D eigenvalue weighted by Gasteiger charge is 2.48. The third-order valence-electron chi connectivity index (χ3n) is 3.51. The van der Waals surface area contributed by atoms with Crippen molar-refractivity contribution < 1.29 is 14.3 Å². The van der Waals surface area contributed by atoms with Crippen LogP contribution in [0.5, 0.6) is 0 Å². The van der Waals surface area contributed by atoms with Crippen molar-refractivity contribution in [2.24, 2.45) is 4.99 Å². The summed E-state index contributed by atoms with van der Waals surface area (Å²) in [6.45, 7) is 9.11. The smallest absolute Gasteiger partial charge is 0.414 e. The Bertz CT molecular complexity index is 461. The average molecular weight is 296 g/mol. The first kappa shape index (κ1) is 15.8. The highest BCUT2D eigenvalue weighted by Crippen LogP contribution is 2.29. The third-order valence-corrected chi connectivity index (χ3v) is 3.51. The van der Waals surface area contributed by atoms with E-state index in [1.165, 1.54) is 4.90 Å². The van der Waals surface area contributed by atoms with Crippen LogP contribution in [0.15, 0.2) is 4.99 Å². The first-order chi connectivity index (χ1) is 9.77. The largest absolute Gasteiger partial charge is 0.444 e. The quantitative estimate of drug-likeness (QED) is 0.751. The fourth-order valence-corrected chi connectivity index (χ4v) is 2.61. The van der Waals surface area contributed by atoms with Gasteiger partial charge in [0.1, 0.15) is 5.60 Å². The second kappa shape index (κ2) is 5.63. The molecule has 2 amide bonds. The zero-order valence-corrected chi connectivity index (χ0v) is 13.2. The van der Waals surface area contributed by atoms with E-state index in [-0.39, 0.29) is 5.91 Å². The number of amides is 2. The summed E-state index contributed by atoms with van der Waals surface area (Å²) in [6, 6.07) is 0. The number of carbonyl (C=O) groups is 2. The highest BCUT2D eigenvalue weighted by molar-refractivity contribution is 6.11. The summed E-state index contributed by atoms with van der Waals surface area (Å²) in [5.74, 6) is 0.240. The second-order valence-corrected chi connectivity index (χ2v) is 6.42. The molecule has 118 valence electrons. The first-order valence-electron chi connectivity index (χ1n) is 7.40. The van der Waals surface area contributed by atoms with Crippen molar-refractivity contribution in [3.05, 3.63) is 0 Å². The van der Waals surface area contributed by atoms with Crippen molar-refractivity contribution in [3.8, 4) is 0 Å². The van der Waals surface area contributed by atoms with Crippen LogP contribution in [0.3, 0.4) is 0 Å². The first-order valence-corrected chi connectivity index (χ1v) is 7.40. The van der Waals surface area contributed by atoms with Crippen molar-refractivity contribution >= 4 is 18.0 Å². The van der Waals surface area contributed by atoms with Crippen molar-refractivity contribution in [3.63, 3.8) is 0 Å². The third kappa shape index (κ3) is 3.34. The van der Waals surface area contributed by atoms with Crippen LogP contribution in [-0.4, -0.2) is 53.6 Å². The van der Waals surface area contributed by atoms with Crippen LogP contribution in [-0.2, 0) is 9.53 Å². The number of ether oxygens (including phenoxy) is 1. The molecule has 1 spiro atoms. The predicted molar refractivity (Wildman–Crippen MR) is 79.0 cm³/mol. The average Bonchev–Trinajstić information content (AvgIpc) is 2.60. The molecule has 0 aliphatic carbocycles. The van der Waals surface area contributed by atoms with Gasteiger partial charge in [0.2, 0.25) is 5.96 Å². The maximum Gasteiger partial charge on any atom is 0.414 e. The molecular formula is C14H24N4O3. The normalized spacial score (nSPS) is 26.0. The van der Waals surface area contributed by atoms with Gasteiger partial charge in [0, 0.05) is 13.1 Å². The summed E-state index contributed by atoms with van der Waals surface area (Å²) < 4.78 is 5.22. The molecular weight excluding hydrogens is 272 g/mol. The lowest BCUT2D eigenvalue weighted by atomic mass is 9.90. The molecule has 7 heteroatoms. The van der Waals surface area contributed by atoms with Gasteiger partial charge >= 0.3 is 6.09 Å². The van der Waals surface area contributed by atoms with E-state index >= 15 is 0 Å². The van der Waals surface area contributed by atoms with Crippen molar-refractivity contribution in [2.45, 2.75) is 51.7 Å². The summed E-state index contributed by atoms with van der Waals surface area (Å²) in [6.07, 6.45) is 1.01. The van der Waals surface area contributed by atoms with Gasteiger partial charge in [-0.25, -0.2) is 9.79 Å². The summed E-state index contributed by atoms with van der Waals surface area (Å²) in [5, 5.41) is 5.81. The van der Waals surface area contributed by atoms with E-state index in [0.717, 1.165) is 13.0 Å². The molecule has 2 rings (SSSR count). The summed E-state index contributed by atoms with van der Waals surface area (Å²) in [4.78, 5) is 30.5. The molecule has 2 aliphatic rings. The predicted octanol–water partition coefficient (Wildman–Crippen LogP) is 0.851. The number of piperidine rings is 1. The summed E-state index contributed by atoms with van der Waals surface area (Å²) >= 11 is 0. The Balaban J connectivity index is 2.14. The number of carbonyl (C=O) groups excluding carboxylic acids is 2. The number of alkyl carbamates (subject to hydrolysis) is 1. The molecule has 2 heterocycles. The zero-order chi connectivity index (χ0) is 15.7. The molecule has 0 aromatic carbocycles. The van der Waals surface area contributed by atoms with E-state index < -0.39 is 17.2 Å². The molecule has 1 saturated heterocycles. The van der Waals surface area contributed by atoms with Crippen molar-refractivity contribution in [1.82, 2.24) is 15.5 Å². The van der Waals surface area contributed by atoms with Crippen molar-refractivity contribution in [1.29, 1.82) is 0 Å². The molecule has 0 aromatic rings. The van der Waals surface area contributed by atoms with Crippen LogP contribution in [0.4, 0.5) is 4.79 Å². The summed E-state index contributed by atoms with van der Waals surface area (Å²) in [7, 11) is 0. The number of hydrogen-bond donors (Lipinski definition) is 2. The lowest BCUT2D eigenvalue weighted by Crippen LogP contribution is -2.52. The Kier molecular flexibility index (Phi) is 4.22. The minimum Gasteiger partial charge on any atom is -0.444 e. The Morgan fingerprint density at radius 3 is 2.76 bits per heavy atom. The topological polar surface area (TPSA) is 83.0 Å². The maximum atomic E-state index is 12.6. The van der Waals surface area contributed by atoms with E-state index in [0.29, 0.717) is 25.5 Å². The SMILES string of the molecule is CCN1C(=O)C2(CCCNC2)N=C1NC(=O)OC(C)(C)C.